The summed E-state index contributed by atoms with van der Waals surface area (Å²) in [6.07, 6.45) is 1.13. The molecule has 3 nitrogen and oxygen atoms in total. The highest BCUT2D eigenvalue weighted by atomic mass is 31.1. The van der Waals surface area contributed by atoms with Crippen LogP contribution in [-0.4, -0.2) is 25.7 Å². The van der Waals surface area contributed by atoms with Gasteiger partial charge < -0.3 is 9.47 Å². The van der Waals surface area contributed by atoms with Gasteiger partial charge in [0.15, 0.2) is 14.8 Å². The van der Waals surface area contributed by atoms with Crippen molar-refractivity contribution in [2.45, 2.75) is 26.6 Å². The zero-order chi connectivity index (χ0) is 8.53. The molecule has 0 unspecified atom stereocenters. The van der Waals surface area contributed by atoms with Crippen molar-refractivity contribution in [3.05, 3.63) is 0 Å². The Bertz CT molecular complexity index is 91.7. The molecule has 0 amide bonds. The van der Waals surface area contributed by atoms with E-state index in [0.29, 0.717) is 25.8 Å². The van der Waals surface area contributed by atoms with E-state index >= 15 is 0 Å². The van der Waals surface area contributed by atoms with Gasteiger partial charge in [0.2, 0.25) is 0 Å². The lowest BCUT2D eigenvalue weighted by Gasteiger charge is -2.14. The zero-order valence-electron chi connectivity index (χ0n) is 7.08. The maximum atomic E-state index is 10.1. The first-order valence-electron chi connectivity index (χ1n) is 3.87. The Morgan fingerprint density at radius 3 is 2.18 bits per heavy atom. The normalized spacial score (nSPS) is 11.2. The SMILES string of the molecule is CCOC(CCP=O)OCC. The Morgan fingerprint density at radius 2 is 1.82 bits per heavy atom. The van der Waals surface area contributed by atoms with Gasteiger partial charge in [-0.2, -0.15) is 0 Å². The minimum Gasteiger partial charge on any atom is -0.353 e. The standard InChI is InChI=1S/C7H15O3P/c1-3-9-7(10-4-2)5-6-11-8/h7H,3-6H2,1-2H3. The summed E-state index contributed by atoms with van der Waals surface area (Å²) >= 11 is 0. The Kier molecular flexibility index (Phi) is 8.13. The van der Waals surface area contributed by atoms with Crippen molar-refractivity contribution in [1.29, 1.82) is 0 Å². The van der Waals surface area contributed by atoms with Gasteiger partial charge >= 0.3 is 0 Å². The van der Waals surface area contributed by atoms with E-state index in [1.807, 2.05) is 13.8 Å². The highest BCUT2D eigenvalue weighted by molar-refractivity contribution is 7.23. The van der Waals surface area contributed by atoms with Crippen molar-refractivity contribution in [1.82, 2.24) is 0 Å². The molecule has 0 atom stereocenters. The van der Waals surface area contributed by atoms with Crippen LogP contribution in [0.1, 0.15) is 20.3 Å². The van der Waals surface area contributed by atoms with Crippen LogP contribution in [0.2, 0.25) is 0 Å². The van der Waals surface area contributed by atoms with Crippen LogP contribution in [-0.2, 0) is 14.0 Å². The minimum atomic E-state index is -0.175. The fourth-order valence-corrected chi connectivity index (χ4v) is 1.06. The second-order valence-electron chi connectivity index (χ2n) is 1.98. The summed E-state index contributed by atoms with van der Waals surface area (Å²) in [7, 11) is 0.161. The monoisotopic (exact) mass is 178 g/mol. The summed E-state index contributed by atoms with van der Waals surface area (Å²) in [5, 5.41) is 0. The molecule has 0 aromatic heterocycles. The average molecular weight is 178 g/mol. The molecule has 66 valence electrons. The minimum absolute atomic E-state index is 0.161. The molecule has 0 heterocycles. The molecule has 0 aromatic rings. The van der Waals surface area contributed by atoms with Crippen LogP contribution in [0.15, 0.2) is 0 Å². The molecular weight excluding hydrogens is 163 g/mol. The lowest BCUT2D eigenvalue weighted by molar-refractivity contribution is -0.136. The van der Waals surface area contributed by atoms with Crippen molar-refractivity contribution in [2.24, 2.45) is 0 Å². The van der Waals surface area contributed by atoms with Crippen molar-refractivity contribution < 1.29 is 14.0 Å². The molecule has 0 saturated heterocycles. The molecule has 0 aromatic carbocycles. The van der Waals surface area contributed by atoms with E-state index in [1.165, 1.54) is 0 Å². The second-order valence-corrected chi connectivity index (χ2v) is 2.69. The van der Waals surface area contributed by atoms with E-state index in [2.05, 4.69) is 0 Å². The van der Waals surface area contributed by atoms with E-state index in [0.717, 1.165) is 0 Å². The molecule has 0 aliphatic carbocycles. The summed E-state index contributed by atoms with van der Waals surface area (Å²) in [4.78, 5) is 0. The van der Waals surface area contributed by atoms with Crippen molar-refractivity contribution >= 4 is 8.46 Å². The summed E-state index contributed by atoms with van der Waals surface area (Å²) in [6, 6.07) is 0. The van der Waals surface area contributed by atoms with Gasteiger partial charge in [0.25, 0.3) is 0 Å². The maximum Gasteiger partial charge on any atom is 0.158 e. The summed E-state index contributed by atoms with van der Waals surface area (Å²) in [6.45, 7) is 5.11. The number of ether oxygens (including phenoxy) is 2. The quantitative estimate of drug-likeness (QED) is 0.442. The van der Waals surface area contributed by atoms with E-state index < -0.39 is 0 Å². The highest BCUT2D eigenvalue weighted by Crippen LogP contribution is 2.05. The molecule has 11 heavy (non-hydrogen) atoms. The van der Waals surface area contributed by atoms with Crippen LogP contribution < -0.4 is 0 Å². The predicted octanol–water partition coefficient (Wildman–Crippen LogP) is 2.07. The first-order chi connectivity index (χ1) is 5.35. The lowest BCUT2D eigenvalue weighted by Crippen LogP contribution is -2.17. The van der Waals surface area contributed by atoms with Gasteiger partial charge in [0.05, 0.1) is 0 Å². The summed E-state index contributed by atoms with van der Waals surface area (Å²) < 4.78 is 20.5. The van der Waals surface area contributed by atoms with E-state index in [1.54, 1.807) is 0 Å². The van der Waals surface area contributed by atoms with Crippen molar-refractivity contribution in [2.75, 3.05) is 19.4 Å². The Labute approximate surface area is 69.3 Å². The fourth-order valence-electron chi connectivity index (χ4n) is 0.745. The third-order valence-corrected chi connectivity index (χ3v) is 1.60. The number of hydrogen-bond acceptors (Lipinski definition) is 3. The smallest absolute Gasteiger partial charge is 0.158 e. The summed E-state index contributed by atoms with van der Waals surface area (Å²) in [5.74, 6) is 0. The molecule has 0 aliphatic rings. The number of rotatable bonds is 7. The van der Waals surface area contributed by atoms with Gasteiger partial charge in [-0.3, -0.25) is 4.57 Å². The van der Waals surface area contributed by atoms with Crippen LogP contribution in [0.3, 0.4) is 0 Å². The third-order valence-electron chi connectivity index (χ3n) is 1.16. The number of hydrogen-bond donors (Lipinski definition) is 0. The average Bonchev–Trinajstić information content (AvgIpc) is 2.01. The highest BCUT2D eigenvalue weighted by Gasteiger charge is 2.06. The Balaban J connectivity index is 3.41. The maximum absolute atomic E-state index is 10.1. The molecule has 0 N–H and O–H groups in total. The molecule has 0 saturated carbocycles. The van der Waals surface area contributed by atoms with Crippen LogP contribution in [0.5, 0.6) is 0 Å². The first-order valence-corrected chi connectivity index (χ1v) is 4.87. The third kappa shape index (κ3) is 6.42. The van der Waals surface area contributed by atoms with Gasteiger partial charge in [-0.05, 0) is 13.8 Å². The predicted molar refractivity (Wildman–Crippen MR) is 44.1 cm³/mol. The molecule has 0 bridgehead atoms. The Morgan fingerprint density at radius 1 is 1.27 bits per heavy atom. The van der Waals surface area contributed by atoms with Crippen molar-refractivity contribution in [3.63, 3.8) is 0 Å². The van der Waals surface area contributed by atoms with Crippen LogP contribution in [0.4, 0.5) is 0 Å². The topological polar surface area (TPSA) is 35.5 Å². The van der Waals surface area contributed by atoms with Crippen molar-refractivity contribution in [3.8, 4) is 0 Å². The lowest BCUT2D eigenvalue weighted by atomic mass is 10.5. The molecule has 0 spiro atoms. The Hall–Kier alpha value is 0.0200. The summed E-state index contributed by atoms with van der Waals surface area (Å²) in [5.41, 5.74) is 0. The zero-order valence-corrected chi connectivity index (χ0v) is 7.97. The molecule has 0 rings (SSSR count). The van der Waals surface area contributed by atoms with Gasteiger partial charge in [-0.25, -0.2) is 0 Å². The van der Waals surface area contributed by atoms with Gasteiger partial charge in [0, 0.05) is 25.8 Å². The first kappa shape index (κ1) is 11.0. The van der Waals surface area contributed by atoms with Gasteiger partial charge in [0.1, 0.15) is 0 Å². The van der Waals surface area contributed by atoms with E-state index in [4.69, 9.17) is 9.47 Å². The fraction of sp³-hybridized carbons (Fsp3) is 1.00. The molecular formula is C7H15O3P. The molecule has 0 radical (unpaired) electrons. The molecule has 0 aliphatic heterocycles. The van der Waals surface area contributed by atoms with Gasteiger partial charge in [-0.1, -0.05) is 0 Å². The van der Waals surface area contributed by atoms with Gasteiger partial charge in [-0.15, -0.1) is 0 Å². The second kappa shape index (κ2) is 8.12. The van der Waals surface area contributed by atoms with E-state index in [9.17, 15) is 4.57 Å². The van der Waals surface area contributed by atoms with Crippen LogP contribution >= 0.6 is 8.46 Å². The largest absolute Gasteiger partial charge is 0.353 e. The molecule has 0 fully saturated rings. The van der Waals surface area contributed by atoms with Crippen LogP contribution in [0.25, 0.3) is 0 Å². The molecule has 4 heteroatoms. The van der Waals surface area contributed by atoms with Crippen LogP contribution in [0, 0.1) is 0 Å². The van der Waals surface area contributed by atoms with E-state index in [-0.39, 0.29) is 14.8 Å².